The molecule has 0 aliphatic heterocycles. The number of rotatable bonds is 3. The summed E-state index contributed by atoms with van der Waals surface area (Å²) < 4.78 is 19.4. The fourth-order valence-corrected chi connectivity index (χ4v) is 1.53. The van der Waals surface area contributed by atoms with Crippen molar-refractivity contribution in [3.8, 4) is 11.6 Å². The lowest BCUT2D eigenvalue weighted by Crippen LogP contribution is -2.25. The Morgan fingerprint density at radius 3 is 2.84 bits per heavy atom. The lowest BCUT2D eigenvalue weighted by Gasteiger charge is -2.07. The fourth-order valence-electron chi connectivity index (χ4n) is 1.53. The third-order valence-electron chi connectivity index (χ3n) is 2.44. The molecule has 2 rings (SSSR count). The summed E-state index contributed by atoms with van der Waals surface area (Å²) in [5.74, 6) is -2.25. The van der Waals surface area contributed by atoms with Gasteiger partial charge in [-0.3, -0.25) is 9.36 Å². The minimum Gasteiger partial charge on any atom is -0.495 e. The van der Waals surface area contributed by atoms with Crippen molar-refractivity contribution in [3.05, 3.63) is 52.3 Å². The average Bonchev–Trinajstić information content (AvgIpc) is 2.39. The summed E-state index contributed by atoms with van der Waals surface area (Å²) in [6, 6.07) is 3.53. The van der Waals surface area contributed by atoms with Crippen LogP contribution in [0.15, 0.2) is 35.4 Å². The highest BCUT2D eigenvalue weighted by molar-refractivity contribution is 5.87. The van der Waals surface area contributed by atoms with Gasteiger partial charge in [-0.1, -0.05) is 0 Å². The van der Waals surface area contributed by atoms with Crippen LogP contribution < -0.4 is 10.3 Å². The largest absolute Gasteiger partial charge is 0.495 e. The van der Waals surface area contributed by atoms with Gasteiger partial charge >= 0.3 is 5.97 Å². The Labute approximate surface area is 106 Å². The quantitative estimate of drug-likeness (QED) is 0.897. The highest BCUT2D eigenvalue weighted by Gasteiger charge is 2.14. The number of pyridine rings is 2. The van der Waals surface area contributed by atoms with Gasteiger partial charge in [0, 0.05) is 12.3 Å². The first-order chi connectivity index (χ1) is 9.04. The van der Waals surface area contributed by atoms with E-state index in [1.807, 2.05) is 0 Å². The van der Waals surface area contributed by atoms with Crippen molar-refractivity contribution < 1.29 is 19.0 Å². The number of carbonyl (C=O) groups is 1. The summed E-state index contributed by atoms with van der Waals surface area (Å²) in [5.41, 5.74) is -1.31. The van der Waals surface area contributed by atoms with Gasteiger partial charge in [0.1, 0.15) is 11.3 Å². The predicted octanol–water partition coefficient (Wildman–Crippen LogP) is 1.08. The van der Waals surface area contributed by atoms with Crippen LogP contribution in [0.2, 0.25) is 0 Å². The lowest BCUT2D eigenvalue weighted by atomic mass is 10.3. The zero-order valence-corrected chi connectivity index (χ0v) is 9.83. The van der Waals surface area contributed by atoms with Gasteiger partial charge in [-0.25, -0.2) is 14.2 Å². The Morgan fingerprint density at radius 1 is 1.53 bits per heavy atom. The van der Waals surface area contributed by atoms with E-state index in [0.717, 1.165) is 16.7 Å². The maximum atomic E-state index is 13.8. The second kappa shape index (κ2) is 4.89. The molecule has 1 N–H and O–H groups in total. The van der Waals surface area contributed by atoms with Crippen molar-refractivity contribution in [2.75, 3.05) is 7.11 Å². The molecule has 0 aliphatic rings. The predicted molar refractivity (Wildman–Crippen MR) is 63.3 cm³/mol. The first-order valence-electron chi connectivity index (χ1n) is 5.19. The minimum atomic E-state index is -1.38. The van der Waals surface area contributed by atoms with E-state index in [-0.39, 0.29) is 11.6 Å². The number of hydrogen-bond donors (Lipinski definition) is 1. The van der Waals surface area contributed by atoms with E-state index in [1.165, 1.54) is 25.6 Å². The number of halogens is 1. The summed E-state index contributed by atoms with van der Waals surface area (Å²) >= 11 is 0. The number of aromatic carboxylic acids is 1. The van der Waals surface area contributed by atoms with Crippen LogP contribution in [-0.2, 0) is 0 Å². The molecule has 2 heterocycles. The Balaban J connectivity index is 2.63. The molecule has 7 heteroatoms. The molecule has 0 spiro atoms. The molecule has 2 aromatic heterocycles. The van der Waals surface area contributed by atoms with Crippen LogP contribution in [0.5, 0.6) is 5.75 Å². The summed E-state index contributed by atoms with van der Waals surface area (Å²) in [6.07, 6.45) is 2.48. The van der Waals surface area contributed by atoms with Gasteiger partial charge in [0.2, 0.25) is 0 Å². The zero-order chi connectivity index (χ0) is 14.0. The van der Waals surface area contributed by atoms with Gasteiger partial charge in [-0.05, 0) is 12.1 Å². The molecular formula is C12H9FN2O4. The standard InChI is InChI=1S/C12H9FN2O4/c1-19-7-5-9(13)10(14-6-7)15-4-2-3-8(11(15)16)12(17)18/h2-6H,1H3,(H,17,18). The molecule has 2 aromatic rings. The van der Waals surface area contributed by atoms with Crippen molar-refractivity contribution in [2.24, 2.45) is 0 Å². The van der Waals surface area contributed by atoms with Crippen LogP contribution in [-0.4, -0.2) is 27.7 Å². The summed E-state index contributed by atoms with van der Waals surface area (Å²) in [6.45, 7) is 0. The second-order valence-corrected chi connectivity index (χ2v) is 3.58. The number of carboxylic acids is 1. The van der Waals surface area contributed by atoms with Gasteiger partial charge in [0.15, 0.2) is 11.6 Å². The molecule has 0 atom stereocenters. The SMILES string of the molecule is COc1cnc(-n2cccc(C(=O)O)c2=O)c(F)c1. The van der Waals surface area contributed by atoms with E-state index < -0.39 is 22.9 Å². The molecule has 0 aromatic carbocycles. The van der Waals surface area contributed by atoms with E-state index in [2.05, 4.69) is 4.98 Å². The molecule has 0 unspecified atom stereocenters. The highest BCUT2D eigenvalue weighted by Crippen LogP contribution is 2.15. The minimum absolute atomic E-state index is 0.198. The van der Waals surface area contributed by atoms with Crippen LogP contribution in [0.1, 0.15) is 10.4 Å². The van der Waals surface area contributed by atoms with Crippen molar-refractivity contribution in [2.45, 2.75) is 0 Å². The highest BCUT2D eigenvalue weighted by atomic mass is 19.1. The molecule has 0 bridgehead atoms. The fraction of sp³-hybridized carbons (Fsp3) is 0.0833. The molecule has 98 valence electrons. The molecule has 0 amide bonds. The van der Waals surface area contributed by atoms with Crippen molar-refractivity contribution in [1.29, 1.82) is 0 Å². The molecular weight excluding hydrogens is 255 g/mol. The van der Waals surface area contributed by atoms with Gasteiger partial charge in [0.25, 0.3) is 5.56 Å². The van der Waals surface area contributed by atoms with Gasteiger partial charge in [-0.15, -0.1) is 0 Å². The van der Waals surface area contributed by atoms with Crippen molar-refractivity contribution in [3.63, 3.8) is 0 Å². The average molecular weight is 264 g/mol. The van der Waals surface area contributed by atoms with Crippen LogP contribution >= 0.6 is 0 Å². The molecule has 0 aliphatic carbocycles. The zero-order valence-electron chi connectivity index (χ0n) is 9.83. The summed E-state index contributed by atoms with van der Waals surface area (Å²) in [5, 5.41) is 8.84. The smallest absolute Gasteiger partial charge is 0.341 e. The van der Waals surface area contributed by atoms with E-state index in [0.29, 0.717) is 0 Å². The number of aromatic nitrogens is 2. The summed E-state index contributed by atoms with van der Waals surface area (Å²) in [7, 11) is 1.35. The van der Waals surface area contributed by atoms with Gasteiger partial charge in [0.05, 0.1) is 13.3 Å². The molecule has 0 radical (unpaired) electrons. The lowest BCUT2D eigenvalue weighted by molar-refractivity contribution is 0.0694. The number of nitrogens with zero attached hydrogens (tertiary/aromatic N) is 2. The topological polar surface area (TPSA) is 81.4 Å². The first kappa shape index (κ1) is 12.7. The summed E-state index contributed by atoms with van der Waals surface area (Å²) in [4.78, 5) is 26.5. The van der Waals surface area contributed by atoms with E-state index >= 15 is 0 Å². The molecule has 0 saturated heterocycles. The van der Waals surface area contributed by atoms with Crippen LogP contribution in [0.4, 0.5) is 4.39 Å². The maximum Gasteiger partial charge on any atom is 0.341 e. The van der Waals surface area contributed by atoms with E-state index in [4.69, 9.17) is 9.84 Å². The Kier molecular flexibility index (Phi) is 3.28. The van der Waals surface area contributed by atoms with Crippen LogP contribution in [0.25, 0.3) is 5.82 Å². The van der Waals surface area contributed by atoms with Crippen LogP contribution in [0.3, 0.4) is 0 Å². The Hall–Kier alpha value is -2.70. The third-order valence-corrected chi connectivity index (χ3v) is 2.44. The molecule has 6 nitrogen and oxygen atoms in total. The number of carboxylic acid groups (broad SMARTS) is 1. The molecule has 0 fully saturated rings. The molecule has 0 saturated carbocycles. The van der Waals surface area contributed by atoms with Gasteiger partial charge in [-0.2, -0.15) is 0 Å². The Bertz CT molecular complexity index is 696. The van der Waals surface area contributed by atoms with Crippen molar-refractivity contribution in [1.82, 2.24) is 9.55 Å². The monoisotopic (exact) mass is 264 g/mol. The van der Waals surface area contributed by atoms with E-state index in [9.17, 15) is 14.0 Å². The first-order valence-corrected chi connectivity index (χ1v) is 5.19. The van der Waals surface area contributed by atoms with Gasteiger partial charge < -0.3 is 9.84 Å². The van der Waals surface area contributed by atoms with E-state index in [1.54, 1.807) is 0 Å². The Morgan fingerprint density at radius 2 is 2.26 bits per heavy atom. The molecule has 19 heavy (non-hydrogen) atoms. The number of ether oxygens (including phenoxy) is 1. The number of hydrogen-bond acceptors (Lipinski definition) is 4. The maximum absolute atomic E-state index is 13.8. The third kappa shape index (κ3) is 2.30. The normalized spacial score (nSPS) is 10.2. The second-order valence-electron chi connectivity index (χ2n) is 3.58. The van der Waals surface area contributed by atoms with Crippen molar-refractivity contribution >= 4 is 5.97 Å². The van der Waals surface area contributed by atoms with Crippen LogP contribution in [0, 0.1) is 5.82 Å². The number of methoxy groups -OCH3 is 1.